The highest BCUT2D eigenvalue weighted by Crippen LogP contribution is 2.55. The van der Waals surface area contributed by atoms with Crippen LogP contribution in [0, 0.1) is 0 Å². The number of anilines is 4. The van der Waals surface area contributed by atoms with Gasteiger partial charge >= 0.3 is 0 Å². The van der Waals surface area contributed by atoms with Crippen LogP contribution in [0.25, 0.3) is 43.8 Å². The molecule has 4 N–H and O–H groups in total. The number of benzene rings is 8. The molecule has 6 heteroatoms. The third kappa shape index (κ3) is 6.31. The minimum absolute atomic E-state index is 0.0341. The summed E-state index contributed by atoms with van der Waals surface area (Å²) in [5, 5.41) is 50.7. The van der Waals surface area contributed by atoms with Crippen molar-refractivity contribution < 1.29 is 20.4 Å². The number of fused-ring (bicyclic) bond motifs is 2. The van der Waals surface area contributed by atoms with E-state index in [9.17, 15) is 20.4 Å². The lowest BCUT2D eigenvalue weighted by molar-refractivity contribution is -0.0797. The summed E-state index contributed by atoms with van der Waals surface area (Å²) < 4.78 is 0. The van der Waals surface area contributed by atoms with Crippen LogP contribution < -0.4 is 9.80 Å². The first-order valence-electron chi connectivity index (χ1n) is 20.1. The minimum Gasteiger partial charge on any atom is -0.508 e. The molecule has 0 aliphatic heterocycles. The van der Waals surface area contributed by atoms with Gasteiger partial charge in [0.15, 0.2) is 0 Å². The molecule has 0 saturated heterocycles. The van der Waals surface area contributed by atoms with E-state index in [1.165, 1.54) is 0 Å². The monoisotopic (exact) mass is 762 g/mol. The van der Waals surface area contributed by atoms with Gasteiger partial charge in [-0.25, -0.2) is 0 Å². The maximum atomic E-state index is 12.1. The van der Waals surface area contributed by atoms with Crippen LogP contribution in [0.3, 0.4) is 0 Å². The van der Waals surface area contributed by atoms with Gasteiger partial charge in [-0.1, -0.05) is 146 Å². The topological polar surface area (TPSA) is 87.4 Å². The van der Waals surface area contributed by atoms with Crippen LogP contribution in [-0.4, -0.2) is 45.7 Å². The predicted octanol–water partition coefficient (Wildman–Crippen LogP) is 11.7. The van der Waals surface area contributed by atoms with Crippen LogP contribution in [0.15, 0.2) is 170 Å². The van der Waals surface area contributed by atoms with Gasteiger partial charge in [0, 0.05) is 81.5 Å². The molecule has 9 rings (SSSR count). The number of aliphatic hydroxyl groups is 2. The number of hydrogen-bond donors (Lipinski definition) is 4. The van der Waals surface area contributed by atoms with Gasteiger partial charge in [-0.05, 0) is 47.9 Å². The van der Waals surface area contributed by atoms with E-state index in [2.05, 4.69) is 109 Å². The highest BCUT2D eigenvalue weighted by molar-refractivity contribution is 6.12. The molecule has 8 aromatic rings. The molecule has 0 heterocycles. The second-order valence-electron chi connectivity index (χ2n) is 15.1. The largest absolute Gasteiger partial charge is 0.508 e. The molecular weight excluding hydrogens is 717 g/mol. The average Bonchev–Trinajstić information content (AvgIpc) is 3.26. The Balaban J connectivity index is 1.23. The fourth-order valence-corrected chi connectivity index (χ4v) is 9.06. The molecule has 1 aliphatic carbocycles. The fraction of sp³-hybridized carbons (Fsp3) is 0.154. The van der Waals surface area contributed by atoms with Crippen molar-refractivity contribution in [3.05, 3.63) is 181 Å². The molecule has 6 nitrogen and oxygen atoms in total. The van der Waals surface area contributed by atoms with Gasteiger partial charge in [0.1, 0.15) is 11.5 Å². The van der Waals surface area contributed by atoms with E-state index in [1.54, 1.807) is 18.2 Å². The van der Waals surface area contributed by atoms with Crippen molar-refractivity contribution in [2.24, 2.45) is 0 Å². The quantitative estimate of drug-likeness (QED) is 0.111. The Morgan fingerprint density at radius 2 is 0.862 bits per heavy atom. The fourth-order valence-electron chi connectivity index (χ4n) is 9.06. The summed E-state index contributed by atoms with van der Waals surface area (Å²) in [5.74, 6) is -1.47. The van der Waals surface area contributed by atoms with E-state index < -0.39 is 24.0 Å². The molecular formula is C52H46N2O4. The first-order chi connectivity index (χ1) is 28.4. The first-order valence-corrected chi connectivity index (χ1v) is 20.1. The number of rotatable bonds is 10. The lowest BCUT2D eigenvalue weighted by Crippen LogP contribution is -2.51. The number of aromatic hydroxyl groups is 2. The van der Waals surface area contributed by atoms with Crippen LogP contribution in [0.4, 0.5) is 22.7 Å². The molecule has 1 fully saturated rings. The van der Waals surface area contributed by atoms with Crippen LogP contribution in [0.1, 0.15) is 36.8 Å². The number of nitrogens with zero attached hydrogens (tertiary/aromatic N) is 2. The van der Waals surface area contributed by atoms with Crippen molar-refractivity contribution in [2.75, 3.05) is 22.9 Å². The molecule has 0 spiro atoms. The summed E-state index contributed by atoms with van der Waals surface area (Å²) in [6.45, 7) is 5.70. The van der Waals surface area contributed by atoms with Crippen molar-refractivity contribution in [2.45, 2.75) is 37.9 Å². The molecule has 58 heavy (non-hydrogen) atoms. The second-order valence-corrected chi connectivity index (χ2v) is 15.1. The summed E-state index contributed by atoms with van der Waals surface area (Å²) in [6.07, 6.45) is -2.06. The Hall–Kier alpha value is -6.60. The van der Waals surface area contributed by atoms with Gasteiger partial charge in [-0.15, -0.1) is 0 Å². The number of aliphatic hydroxyl groups excluding tert-OH is 2. The minimum atomic E-state index is -1.03. The van der Waals surface area contributed by atoms with Crippen molar-refractivity contribution in [1.82, 2.24) is 0 Å². The third-order valence-corrected chi connectivity index (χ3v) is 12.0. The molecule has 0 bridgehead atoms. The van der Waals surface area contributed by atoms with Crippen LogP contribution >= 0.6 is 0 Å². The summed E-state index contributed by atoms with van der Waals surface area (Å²) >= 11 is 0. The zero-order chi connectivity index (χ0) is 39.9. The van der Waals surface area contributed by atoms with Gasteiger partial charge in [-0.2, -0.15) is 0 Å². The predicted molar refractivity (Wildman–Crippen MR) is 238 cm³/mol. The van der Waals surface area contributed by atoms with Crippen molar-refractivity contribution in [3.63, 3.8) is 0 Å². The molecule has 0 radical (unpaired) electrons. The molecule has 1 saturated carbocycles. The summed E-state index contributed by atoms with van der Waals surface area (Å²) in [4.78, 5) is 4.40. The van der Waals surface area contributed by atoms with E-state index in [1.807, 2.05) is 66.7 Å². The molecule has 0 amide bonds. The number of phenols is 2. The van der Waals surface area contributed by atoms with E-state index in [4.69, 9.17) is 0 Å². The van der Waals surface area contributed by atoms with E-state index in [-0.39, 0.29) is 11.5 Å². The van der Waals surface area contributed by atoms with Gasteiger partial charge in [0.2, 0.25) is 0 Å². The van der Waals surface area contributed by atoms with Gasteiger partial charge in [-0.3, -0.25) is 0 Å². The maximum absolute atomic E-state index is 12.1. The van der Waals surface area contributed by atoms with Crippen molar-refractivity contribution in [3.8, 4) is 33.8 Å². The Kier molecular flexibility index (Phi) is 9.82. The Morgan fingerprint density at radius 3 is 1.31 bits per heavy atom. The lowest BCUT2D eigenvalue weighted by Gasteiger charge is -2.47. The Labute approximate surface area is 339 Å². The van der Waals surface area contributed by atoms with Crippen molar-refractivity contribution in [1.29, 1.82) is 0 Å². The Morgan fingerprint density at radius 1 is 0.448 bits per heavy atom. The summed E-state index contributed by atoms with van der Waals surface area (Å²) in [6, 6.07) is 57.1. The SMILES string of the molecule is CCN(CC)c1ccc(C2C(O)C(c3ccc(N(c4c(-c5ccccc5)ccc5ccccc45)c4c(-c5ccccc5)ccc5ccccc45)cc3O)[C@H]2O)c(O)c1. The zero-order valence-electron chi connectivity index (χ0n) is 32.6. The standard InChI is InChI=1S/C52H46N2O4/c1-3-53(4-2)37-25-29-43(45(55)31-37)47-51(57)48(52(47)58)44-30-26-38(32-46(44)56)54(49-39-21-13-11-19-35(39)23-27-41(49)33-15-7-5-8-16-33)50-40-22-14-12-20-36(40)24-28-42(50)34-17-9-6-10-18-34/h5-32,47-48,51-52,55-58H,3-4H2,1-2H3/t47?,48?,51-,52?/m0/s1. The normalized spacial score (nSPS) is 17.6. The molecule has 3 unspecified atom stereocenters. The zero-order valence-corrected chi connectivity index (χ0v) is 32.6. The van der Waals surface area contributed by atoms with Gasteiger partial charge in [0.05, 0.1) is 23.6 Å². The molecule has 8 aromatic carbocycles. The van der Waals surface area contributed by atoms with E-state index in [0.29, 0.717) is 16.8 Å². The second kappa shape index (κ2) is 15.4. The van der Waals surface area contributed by atoms with Crippen LogP contribution in [0.2, 0.25) is 0 Å². The lowest BCUT2D eigenvalue weighted by atomic mass is 9.63. The van der Waals surface area contributed by atoms with Gasteiger partial charge in [0.25, 0.3) is 0 Å². The average molecular weight is 763 g/mol. The molecule has 288 valence electrons. The maximum Gasteiger partial charge on any atom is 0.121 e. The number of hydrogen-bond acceptors (Lipinski definition) is 6. The highest BCUT2D eigenvalue weighted by Gasteiger charge is 2.52. The summed E-state index contributed by atoms with van der Waals surface area (Å²) in [7, 11) is 0. The molecule has 4 atom stereocenters. The van der Waals surface area contributed by atoms with E-state index >= 15 is 0 Å². The Bertz CT molecular complexity index is 2620. The molecule has 0 aromatic heterocycles. The van der Waals surface area contributed by atoms with Crippen LogP contribution in [-0.2, 0) is 0 Å². The molecule has 1 aliphatic rings. The van der Waals surface area contributed by atoms with Crippen LogP contribution in [0.5, 0.6) is 11.5 Å². The third-order valence-electron chi connectivity index (χ3n) is 12.0. The van der Waals surface area contributed by atoms with E-state index in [0.717, 1.165) is 74.0 Å². The first kappa shape index (κ1) is 37.0. The highest BCUT2D eigenvalue weighted by atomic mass is 16.3. The summed E-state index contributed by atoms with van der Waals surface area (Å²) in [5.41, 5.74) is 8.59. The number of phenolic OH excluding ortho intramolecular Hbond substituents is 2. The van der Waals surface area contributed by atoms with Crippen molar-refractivity contribution >= 4 is 44.3 Å². The van der Waals surface area contributed by atoms with Gasteiger partial charge < -0.3 is 30.2 Å². The smallest absolute Gasteiger partial charge is 0.121 e.